The van der Waals surface area contributed by atoms with Gasteiger partial charge >= 0.3 is 5.97 Å². The summed E-state index contributed by atoms with van der Waals surface area (Å²) in [4.78, 5) is 10.9. The molecule has 1 N–H and O–H groups in total. The van der Waals surface area contributed by atoms with E-state index in [1.54, 1.807) is 6.92 Å². The van der Waals surface area contributed by atoms with Crippen LogP contribution in [0.4, 0.5) is 0 Å². The molecule has 0 aliphatic carbocycles. The molecule has 70 valence electrons. The summed E-state index contributed by atoms with van der Waals surface area (Å²) in [5.41, 5.74) is 0.947. The molecule has 0 saturated carbocycles. The first kappa shape index (κ1) is 11.2. The molecule has 0 atom stereocenters. The first-order valence-corrected chi connectivity index (χ1v) is 4.15. The molecular weight excluding hydrogens is 156 g/mol. The SMILES string of the molecule is CCOC(=O)/C=C(\C)CCCO. The maximum Gasteiger partial charge on any atom is 0.330 e. The van der Waals surface area contributed by atoms with E-state index in [9.17, 15) is 4.79 Å². The molecule has 0 bridgehead atoms. The van der Waals surface area contributed by atoms with Crippen molar-refractivity contribution in [3.05, 3.63) is 11.6 Å². The highest BCUT2D eigenvalue weighted by Gasteiger charge is 1.97. The Labute approximate surface area is 73.0 Å². The lowest BCUT2D eigenvalue weighted by Gasteiger charge is -1.99. The minimum atomic E-state index is -0.298. The van der Waals surface area contributed by atoms with Crippen molar-refractivity contribution in [1.29, 1.82) is 0 Å². The summed E-state index contributed by atoms with van der Waals surface area (Å²) in [5.74, 6) is -0.298. The molecule has 0 fully saturated rings. The number of allylic oxidation sites excluding steroid dienone is 1. The maximum absolute atomic E-state index is 10.9. The van der Waals surface area contributed by atoms with Gasteiger partial charge in [0.15, 0.2) is 0 Å². The van der Waals surface area contributed by atoms with Gasteiger partial charge in [-0.2, -0.15) is 0 Å². The Balaban J connectivity index is 3.72. The predicted molar refractivity (Wildman–Crippen MR) is 46.7 cm³/mol. The second-order valence-corrected chi connectivity index (χ2v) is 2.57. The summed E-state index contributed by atoms with van der Waals surface area (Å²) in [6.07, 6.45) is 2.91. The van der Waals surface area contributed by atoms with Gasteiger partial charge in [0.2, 0.25) is 0 Å². The third kappa shape index (κ3) is 5.92. The van der Waals surface area contributed by atoms with Crippen molar-refractivity contribution in [3.8, 4) is 0 Å². The molecule has 12 heavy (non-hydrogen) atoms. The van der Waals surface area contributed by atoms with E-state index in [2.05, 4.69) is 0 Å². The molecule has 0 spiro atoms. The highest BCUT2D eigenvalue weighted by Crippen LogP contribution is 2.02. The summed E-state index contributed by atoms with van der Waals surface area (Å²) in [7, 11) is 0. The van der Waals surface area contributed by atoms with Crippen LogP contribution in [0.15, 0.2) is 11.6 Å². The number of carbonyl (C=O) groups is 1. The molecule has 0 aliphatic heterocycles. The van der Waals surface area contributed by atoms with Gasteiger partial charge in [0, 0.05) is 12.7 Å². The molecule has 0 heterocycles. The first-order chi connectivity index (χ1) is 5.70. The number of esters is 1. The normalized spacial score (nSPS) is 11.4. The van der Waals surface area contributed by atoms with Crippen molar-refractivity contribution in [2.75, 3.05) is 13.2 Å². The second-order valence-electron chi connectivity index (χ2n) is 2.57. The van der Waals surface area contributed by atoms with E-state index in [0.717, 1.165) is 12.0 Å². The van der Waals surface area contributed by atoms with Crippen LogP contribution in [0.25, 0.3) is 0 Å². The van der Waals surface area contributed by atoms with Crippen molar-refractivity contribution < 1.29 is 14.6 Å². The van der Waals surface area contributed by atoms with Crippen LogP contribution in [-0.2, 0) is 9.53 Å². The summed E-state index contributed by atoms with van der Waals surface area (Å²) in [6, 6.07) is 0. The van der Waals surface area contributed by atoms with Crippen LogP contribution in [0.3, 0.4) is 0 Å². The molecule has 0 amide bonds. The zero-order chi connectivity index (χ0) is 9.40. The van der Waals surface area contributed by atoms with Gasteiger partial charge in [0.25, 0.3) is 0 Å². The number of aliphatic hydroxyl groups is 1. The minimum absolute atomic E-state index is 0.161. The molecule has 0 aromatic carbocycles. The van der Waals surface area contributed by atoms with E-state index in [1.165, 1.54) is 6.08 Å². The fourth-order valence-corrected chi connectivity index (χ4v) is 0.815. The van der Waals surface area contributed by atoms with Crippen molar-refractivity contribution in [2.45, 2.75) is 26.7 Å². The van der Waals surface area contributed by atoms with E-state index in [1.807, 2.05) is 6.92 Å². The number of rotatable bonds is 5. The zero-order valence-corrected chi connectivity index (χ0v) is 7.67. The minimum Gasteiger partial charge on any atom is -0.463 e. The van der Waals surface area contributed by atoms with Crippen molar-refractivity contribution >= 4 is 5.97 Å². The Kier molecular flexibility index (Phi) is 6.38. The average Bonchev–Trinajstić information content (AvgIpc) is 2.01. The maximum atomic E-state index is 10.9. The Morgan fingerprint density at radius 2 is 2.25 bits per heavy atom. The fraction of sp³-hybridized carbons (Fsp3) is 0.667. The van der Waals surface area contributed by atoms with Crippen LogP contribution in [0.5, 0.6) is 0 Å². The van der Waals surface area contributed by atoms with Crippen LogP contribution in [-0.4, -0.2) is 24.3 Å². The van der Waals surface area contributed by atoms with E-state index in [0.29, 0.717) is 13.0 Å². The van der Waals surface area contributed by atoms with Crippen LogP contribution in [0, 0.1) is 0 Å². The van der Waals surface area contributed by atoms with Gasteiger partial charge in [-0.05, 0) is 26.7 Å². The number of hydrogen-bond donors (Lipinski definition) is 1. The van der Waals surface area contributed by atoms with Gasteiger partial charge in [-0.1, -0.05) is 5.57 Å². The number of aliphatic hydroxyl groups excluding tert-OH is 1. The Hall–Kier alpha value is -0.830. The Bertz CT molecular complexity index is 161. The number of hydrogen-bond acceptors (Lipinski definition) is 3. The lowest BCUT2D eigenvalue weighted by molar-refractivity contribution is -0.137. The second kappa shape index (κ2) is 6.85. The van der Waals surface area contributed by atoms with Crippen LogP contribution >= 0.6 is 0 Å². The van der Waals surface area contributed by atoms with E-state index < -0.39 is 0 Å². The van der Waals surface area contributed by atoms with Crippen LogP contribution in [0.2, 0.25) is 0 Å². The molecule has 0 unspecified atom stereocenters. The molecular formula is C9H16O3. The molecule has 0 aromatic rings. The molecule has 3 nitrogen and oxygen atoms in total. The molecule has 0 radical (unpaired) electrons. The lowest BCUT2D eigenvalue weighted by atomic mass is 10.1. The van der Waals surface area contributed by atoms with Gasteiger partial charge in [0.1, 0.15) is 0 Å². The summed E-state index contributed by atoms with van der Waals surface area (Å²) in [5, 5.41) is 8.51. The van der Waals surface area contributed by atoms with E-state index in [-0.39, 0.29) is 12.6 Å². The number of ether oxygens (including phenoxy) is 1. The smallest absolute Gasteiger partial charge is 0.330 e. The Morgan fingerprint density at radius 3 is 2.75 bits per heavy atom. The Morgan fingerprint density at radius 1 is 1.58 bits per heavy atom. The third-order valence-electron chi connectivity index (χ3n) is 1.38. The highest BCUT2D eigenvalue weighted by atomic mass is 16.5. The average molecular weight is 172 g/mol. The van der Waals surface area contributed by atoms with Crippen molar-refractivity contribution in [2.24, 2.45) is 0 Å². The monoisotopic (exact) mass is 172 g/mol. The largest absolute Gasteiger partial charge is 0.463 e. The van der Waals surface area contributed by atoms with Gasteiger partial charge in [0.05, 0.1) is 6.61 Å². The summed E-state index contributed by atoms with van der Waals surface area (Å²) >= 11 is 0. The molecule has 0 aliphatic rings. The zero-order valence-electron chi connectivity index (χ0n) is 7.67. The van der Waals surface area contributed by atoms with Gasteiger partial charge in [-0.25, -0.2) is 4.79 Å². The molecule has 3 heteroatoms. The van der Waals surface area contributed by atoms with Crippen molar-refractivity contribution in [1.82, 2.24) is 0 Å². The van der Waals surface area contributed by atoms with Crippen LogP contribution in [0.1, 0.15) is 26.7 Å². The van der Waals surface area contributed by atoms with E-state index in [4.69, 9.17) is 9.84 Å². The van der Waals surface area contributed by atoms with E-state index >= 15 is 0 Å². The van der Waals surface area contributed by atoms with Gasteiger partial charge in [-0.15, -0.1) is 0 Å². The highest BCUT2D eigenvalue weighted by molar-refractivity contribution is 5.82. The summed E-state index contributed by atoms with van der Waals surface area (Å²) < 4.78 is 4.71. The predicted octanol–water partition coefficient (Wildman–Crippen LogP) is 1.27. The van der Waals surface area contributed by atoms with Gasteiger partial charge in [-0.3, -0.25) is 0 Å². The van der Waals surface area contributed by atoms with Crippen molar-refractivity contribution in [3.63, 3.8) is 0 Å². The standard InChI is InChI=1S/C9H16O3/c1-3-12-9(11)7-8(2)5-4-6-10/h7,10H,3-6H2,1-2H3/b8-7+. The molecule has 0 rings (SSSR count). The molecule has 0 saturated heterocycles. The molecule has 0 aromatic heterocycles. The topological polar surface area (TPSA) is 46.5 Å². The summed E-state index contributed by atoms with van der Waals surface area (Å²) in [6.45, 7) is 4.19. The third-order valence-corrected chi connectivity index (χ3v) is 1.38. The fourth-order valence-electron chi connectivity index (χ4n) is 0.815. The van der Waals surface area contributed by atoms with Crippen LogP contribution < -0.4 is 0 Å². The quantitative estimate of drug-likeness (QED) is 0.501. The lowest BCUT2D eigenvalue weighted by Crippen LogP contribution is -2.00. The van der Waals surface area contributed by atoms with Gasteiger partial charge < -0.3 is 9.84 Å². The first-order valence-electron chi connectivity index (χ1n) is 4.15. The number of carbonyl (C=O) groups excluding carboxylic acids is 1.